The summed E-state index contributed by atoms with van der Waals surface area (Å²) in [6, 6.07) is 6.36. The van der Waals surface area contributed by atoms with Crippen molar-refractivity contribution in [1.82, 2.24) is 0 Å². The van der Waals surface area contributed by atoms with E-state index in [1.165, 1.54) is 12.1 Å². The summed E-state index contributed by atoms with van der Waals surface area (Å²) in [6.45, 7) is 5.63. The van der Waals surface area contributed by atoms with Crippen molar-refractivity contribution < 1.29 is 13.2 Å². The summed E-state index contributed by atoms with van der Waals surface area (Å²) in [5.41, 5.74) is -2.24. The van der Waals surface area contributed by atoms with Gasteiger partial charge in [0.1, 0.15) is 0 Å². The normalized spacial score (nSPS) is 11.5. The maximum absolute atomic E-state index is 12.0. The van der Waals surface area contributed by atoms with Crippen molar-refractivity contribution >= 4 is 11.8 Å². The maximum Gasteiger partial charge on any atom is 0.446 e. The van der Waals surface area contributed by atoms with Gasteiger partial charge in [-0.3, -0.25) is 0 Å². The molecule has 0 aliphatic heterocycles. The van der Waals surface area contributed by atoms with Gasteiger partial charge < -0.3 is 0 Å². The molecule has 1 aromatic rings. The van der Waals surface area contributed by atoms with Gasteiger partial charge in [-0.2, -0.15) is 13.2 Å². The molecule has 0 unspecified atom stereocenters. The molecule has 1 rings (SSSR count). The van der Waals surface area contributed by atoms with Gasteiger partial charge in [-0.25, -0.2) is 0 Å². The van der Waals surface area contributed by atoms with E-state index >= 15 is 0 Å². The van der Waals surface area contributed by atoms with E-state index in [1.807, 2.05) is 6.92 Å². The first-order valence-electron chi connectivity index (χ1n) is 4.36. The van der Waals surface area contributed by atoms with Crippen LogP contribution >= 0.6 is 11.8 Å². The van der Waals surface area contributed by atoms with Crippen molar-refractivity contribution in [3.63, 3.8) is 0 Å². The molecule has 82 valence electrons. The van der Waals surface area contributed by atoms with Crippen LogP contribution < -0.4 is 0 Å². The van der Waals surface area contributed by atoms with Gasteiger partial charge >= 0.3 is 5.51 Å². The Morgan fingerprint density at radius 3 is 2.20 bits per heavy atom. The van der Waals surface area contributed by atoms with E-state index in [9.17, 15) is 13.2 Å². The minimum atomic E-state index is -4.21. The second-order valence-electron chi connectivity index (χ2n) is 3.33. The number of hydrogen-bond donors (Lipinski definition) is 0. The number of allylic oxidation sites excluding steroid dienone is 1. The first-order chi connectivity index (χ1) is 6.87. The fourth-order valence-corrected chi connectivity index (χ4v) is 1.70. The summed E-state index contributed by atoms with van der Waals surface area (Å²) >= 11 is -0.0941. The Morgan fingerprint density at radius 2 is 1.80 bits per heavy atom. The van der Waals surface area contributed by atoms with Gasteiger partial charge in [0.15, 0.2) is 0 Å². The van der Waals surface area contributed by atoms with E-state index in [1.54, 1.807) is 12.1 Å². The van der Waals surface area contributed by atoms with Crippen LogP contribution in [0.5, 0.6) is 0 Å². The quantitative estimate of drug-likeness (QED) is 0.549. The molecule has 0 amide bonds. The number of thioether (sulfide) groups is 1. The maximum atomic E-state index is 12.0. The van der Waals surface area contributed by atoms with Crippen LogP contribution in [0.25, 0.3) is 0 Å². The van der Waals surface area contributed by atoms with Gasteiger partial charge in [0, 0.05) is 4.90 Å². The highest BCUT2D eigenvalue weighted by Crippen LogP contribution is 2.36. The molecule has 0 saturated carbocycles. The molecule has 0 radical (unpaired) electrons. The number of benzene rings is 1. The van der Waals surface area contributed by atoms with Crippen LogP contribution in [0.1, 0.15) is 12.5 Å². The molecular weight excluding hydrogens is 221 g/mol. The van der Waals surface area contributed by atoms with Crippen LogP contribution in [0, 0.1) is 0 Å². The molecule has 0 heterocycles. The lowest BCUT2D eigenvalue weighted by molar-refractivity contribution is -0.0328. The molecule has 0 aromatic heterocycles. The standard InChI is InChI=1S/C11H11F3S/c1-8(2)7-9-3-5-10(6-4-9)15-11(12,13)14/h3-6H,1,7H2,2H3. The van der Waals surface area contributed by atoms with Gasteiger partial charge in [-0.15, -0.1) is 0 Å². The van der Waals surface area contributed by atoms with Crippen molar-refractivity contribution in [3.05, 3.63) is 42.0 Å². The first kappa shape index (κ1) is 12.2. The largest absolute Gasteiger partial charge is 0.446 e. The number of alkyl halides is 3. The molecule has 0 bridgehead atoms. The second-order valence-corrected chi connectivity index (χ2v) is 4.46. The molecule has 0 fully saturated rings. The van der Waals surface area contributed by atoms with E-state index in [0.717, 1.165) is 11.1 Å². The Balaban J connectivity index is 2.68. The van der Waals surface area contributed by atoms with E-state index in [2.05, 4.69) is 6.58 Å². The molecule has 1 aromatic carbocycles. The molecule has 0 aliphatic carbocycles. The number of rotatable bonds is 3. The molecule has 0 atom stereocenters. The Hall–Kier alpha value is -0.900. The molecule has 0 saturated heterocycles. The summed E-state index contributed by atoms with van der Waals surface area (Å²) in [5.74, 6) is 0. The van der Waals surface area contributed by atoms with Crippen molar-refractivity contribution in [3.8, 4) is 0 Å². The predicted molar refractivity (Wildman–Crippen MR) is 56.9 cm³/mol. The zero-order valence-electron chi connectivity index (χ0n) is 8.27. The number of hydrogen-bond acceptors (Lipinski definition) is 1. The van der Waals surface area contributed by atoms with Crippen LogP contribution in [0.4, 0.5) is 13.2 Å². The lowest BCUT2D eigenvalue weighted by Gasteiger charge is -2.06. The molecule has 4 heteroatoms. The van der Waals surface area contributed by atoms with Crippen LogP contribution in [-0.2, 0) is 6.42 Å². The van der Waals surface area contributed by atoms with Crippen molar-refractivity contribution in [2.45, 2.75) is 23.7 Å². The molecule has 0 spiro atoms. The van der Waals surface area contributed by atoms with Crippen LogP contribution in [0.2, 0.25) is 0 Å². The third-order valence-electron chi connectivity index (χ3n) is 1.66. The van der Waals surface area contributed by atoms with Crippen molar-refractivity contribution in [2.75, 3.05) is 0 Å². The smallest absolute Gasteiger partial charge is 0.160 e. The Bertz CT molecular complexity index is 338. The van der Waals surface area contributed by atoms with Crippen molar-refractivity contribution in [1.29, 1.82) is 0 Å². The van der Waals surface area contributed by atoms with Crippen LogP contribution in [0.3, 0.4) is 0 Å². The van der Waals surface area contributed by atoms with Gasteiger partial charge in [0.05, 0.1) is 0 Å². The highest BCUT2D eigenvalue weighted by molar-refractivity contribution is 8.00. The first-order valence-corrected chi connectivity index (χ1v) is 5.17. The van der Waals surface area contributed by atoms with E-state index in [4.69, 9.17) is 0 Å². The summed E-state index contributed by atoms with van der Waals surface area (Å²) in [5, 5.41) is 0. The zero-order chi connectivity index (χ0) is 11.5. The average Bonchev–Trinajstić information content (AvgIpc) is 2.05. The van der Waals surface area contributed by atoms with Crippen LogP contribution in [-0.4, -0.2) is 5.51 Å². The fourth-order valence-electron chi connectivity index (χ4n) is 1.16. The Kier molecular flexibility index (Phi) is 3.85. The minimum Gasteiger partial charge on any atom is -0.160 e. The highest BCUT2D eigenvalue weighted by atomic mass is 32.2. The average molecular weight is 232 g/mol. The van der Waals surface area contributed by atoms with Gasteiger partial charge in [-0.05, 0) is 42.8 Å². The third-order valence-corrected chi connectivity index (χ3v) is 2.40. The summed E-state index contributed by atoms with van der Waals surface area (Å²) in [4.78, 5) is 0.216. The lowest BCUT2D eigenvalue weighted by Crippen LogP contribution is -1.98. The summed E-state index contributed by atoms with van der Waals surface area (Å²) in [7, 11) is 0. The second kappa shape index (κ2) is 4.75. The van der Waals surface area contributed by atoms with E-state index < -0.39 is 5.51 Å². The Labute approximate surface area is 91.2 Å². The molecule has 0 nitrogen and oxygen atoms in total. The minimum absolute atomic E-state index is 0.0941. The van der Waals surface area contributed by atoms with E-state index in [-0.39, 0.29) is 16.7 Å². The van der Waals surface area contributed by atoms with Gasteiger partial charge in [0.25, 0.3) is 0 Å². The summed E-state index contributed by atoms with van der Waals surface area (Å²) < 4.78 is 36.0. The highest BCUT2D eigenvalue weighted by Gasteiger charge is 2.28. The zero-order valence-corrected chi connectivity index (χ0v) is 9.08. The fraction of sp³-hybridized carbons (Fsp3) is 0.273. The molecule has 0 aliphatic rings. The predicted octanol–water partition coefficient (Wildman–Crippen LogP) is 4.42. The Morgan fingerprint density at radius 1 is 1.27 bits per heavy atom. The van der Waals surface area contributed by atoms with Crippen LogP contribution in [0.15, 0.2) is 41.3 Å². The molecule has 0 N–H and O–H groups in total. The lowest BCUT2D eigenvalue weighted by atomic mass is 10.1. The monoisotopic (exact) mass is 232 g/mol. The SMILES string of the molecule is C=C(C)Cc1ccc(SC(F)(F)F)cc1. The van der Waals surface area contributed by atoms with Gasteiger partial charge in [0.2, 0.25) is 0 Å². The van der Waals surface area contributed by atoms with E-state index in [0.29, 0.717) is 6.42 Å². The molecule has 15 heavy (non-hydrogen) atoms. The third kappa shape index (κ3) is 4.93. The molecular formula is C11H11F3S. The van der Waals surface area contributed by atoms with Gasteiger partial charge in [-0.1, -0.05) is 24.3 Å². The number of halogens is 3. The van der Waals surface area contributed by atoms with Crippen molar-refractivity contribution in [2.24, 2.45) is 0 Å². The summed E-state index contributed by atoms with van der Waals surface area (Å²) in [6.07, 6.45) is 0.705. The topological polar surface area (TPSA) is 0 Å².